The summed E-state index contributed by atoms with van der Waals surface area (Å²) in [6.45, 7) is 3.90. The Kier molecular flexibility index (Phi) is 4.58. The lowest BCUT2D eigenvalue weighted by molar-refractivity contribution is -0.148. The van der Waals surface area contributed by atoms with Crippen LogP contribution in [0, 0.1) is 0 Å². The van der Waals surface area contributed by atoms with E-state index in [1.807, 2.05) is 21.7 Å². The molecule has 5 nitrogen and oxygen atoms in total. The molecule has 6 heteroatoms. The summed E-state index contributed by atoms with van der Waals surface area (Å²) in [4.78, 5) is 28.7. The Morgan fingerprint density at radius 3 is 2.60 bits per heavy atom. The highest BCUT2D eigenvalue weighted by Gasteiger charge is 2.45. The Morgan fingerprint density at radius 2 is 2.00 bits per heavy atom. The molecule has 0 bridgehead atoms. The molecule has 2 saturated heterocycles. The SMILES string of the molecule is CC(=O)N(C1CC1)C1CCOC2(CCN(C(=O)c3ccsc3)CC2)C1. The Bertz CT molecular complexity index is 633. The molecule has 2 aliphatic heterocycles. The topological polar surface area (TPSA) is 49.9 Å². The van der Waals surface area contributed by atoms with Crippen LogP contribution < -0.4 is 0 Å². The van der Waals surface area contributed by atoms with Gasteiger partial charge in [0.15, 0.2) is 0 Å². The summed E-state index contributed by atoms with van der Waals surface area (Å²) in [5.41, 5.74) is 0.636. The largest absolute Gasteiger partial charge is 0.375 e. The molecule has 1 aromatic rings. The zero-order chi connectivity index (χ0) is 17.4. The van der Waals surface area contributed by atoms with E-state index in [0.717, 1.165) is 63.8 Å². The third kappa shape index (κ3) is 3.47. The number of carbonyl (C=O) groups is 2. The Hall–Kier alpha value is -1.40. The molecule has 1 saturated carbocycles. The van der Waals surface area contributed by atoms with Crippen molar-refractivity contribution in [2.45, 2.75) is 63.1 Å². The first-order chi connectivity index (χ1) is 12.1. The second-order valence-corrected chi connectivity index (χ2v) is 8.42. The zero-order valence-corrected chi connectivity index (χ0v) is 15.6. The smallest absolute Gasteiger partial charge is 0.254 e. The third-order valence-corrected chi connectivity index (χ3v) is 6.58. The second-order valence-electron chi connectivity index (χ2n) is 7.64. The van der Waals surface area contributed by atoms with Gasteiger partial charge in [-0.05, 0) is 50.0 Å². The molecule has 3 aliphatic rings. The molecule has 0 radical (unpaired) electrons. The number of thiophene rings is 1. The van der Waals surface area contributed by atoms with E-state index in [1.54, 1.807) is 18.3 Å². The summed E-state index contributed by atoms with van der Waals surface area (Å²) in [6, 6.07) is 2.65. The van der Waals surface area contributed by atoms with Crippen molar-refractivity contribution in [3.8, 4) is 0 Å². The van der Waals surface area contributed by atoms with E-state index in [4.69, 9.17) is 4.74 Å². The minimum atomic E-state index is -0.156. The molecule has 1 aliphatic carbocycles. The van der Waals surface area contributed by atoms with Gasteiger partial charge in [0.25, 0.3) is 5.91 Å². The quantitative estimate of drug-likeness (QED) is 0.831. The van der Waals surface area contributed by atoms with Crippen LogP contribution in [0.5, 0.6) is 0 Å². The van der Waals surface area contributed by atoms with Crippen LogP contribution in [0.3, 0.4) is 0 Å². The zero-order valence-electron chi connectivity index (χ0n) is 14.8. The molecule has 1 atom stereocenters. The highest BCUT2D eigenvalue weighted by atomic mass is 32.1. The van der Waals surface area contributed by atoms with Gasteiger partial charge in [-0.2, -0.15) is 11.3 Å². The first-order valence-electron chi connectivity index (χ1n) is 9.32. The molecule has 25 heavy (non-hydrogen) atoms. The molecule has 1 spiro atoms. The fourth-order valence-corrected chi connectivity index (χ4v) is 5.07. The summed E-state index contributed by atoms with van der Waals surface area (Å²) < 4.78 is 6.21. The number of likely N-dealkylation sites (tertiary alicyclic amines) is 1. The number of carbonyl (C=O) groups excluding carboxylic acids is 2. The van der Waals surface area contributed by atoms with Gasteiger partial charge in [0.1, 0.15) is 0 Å². The summed E-state index contributed by atoms with van der Waals surface area (Å²) in [7, 11) is 0. The lowest BCUT2D eigenvalue weighted by Gasteiger charge is -2.48. The van der Waals surface area contributed by atoms with Crippen molar-refractivity contribution in [2.24, 2.45) is 0 Å². The number of amides is 2. The van der Waals surface area contributed by atoms with Gasteiger partial charge in [-0.3, -0.25) is 9.59 Å². The summed E-state index contributed by atoms with van der Waals surface area (Å²) in [5, 5.41) is 3.86. The van der Waals surface area contributed by atoms with Crippen LogP contribution in [0.15, 0.2) is 16.8 Å². The van der Waals surface area contributed by atoms with E-state index in [2.05, 4.69) is 4.90 Å². The van der Waals surface area contributed by atoms with Crippen LogP contribution >= 0.6 is 11.3 Å². The van der Waals surface area contributed by atoms with Crippen LogP contribution in [0.4, 0.5) is 0 Å². The first kappa shape index (κ1) is 17.0. The van der Waals surface area contributed by atoms with Crippen LogP contribution in [0.1, 0.15) is 55.8 Å². The van der Waals surface area contributed by atoms with Gasteiger partial charge < -0.3 is 14.5 Å². The molecule has 0 N–H and O–H groups in total. The van der Waals surface area contributed by atoms with Gasteiger partial charge in [-0.15, -0.1) is 0 Å². The van der Waals surface area contributed by atoms with E-state index < -0.39 is 0 Å². The van der Waals surface area contributed by atoms with Gasteiger partial charge in [0, 0.05) is 44.1 Å². The van der Waals surface area contributed by atoms with Crippen molar-refractivity contribution >= 4 is 23.2 Å². The van der Waals surface area contributed by atoms with Crippen LogP contribution in [0.25, 0.3) is 0 Å². The van der Waals surface area contributed by atoms with Crippen molar-refractivity contribution in [3.63, 3.8) is 0 Å². The molecule has 4 rings (SSSR count). The number of hydrogen-bond donors (Lipinski definition) is 0. The molecular weight excluding hydrogens is 336 g/mol. The van der Waals surface area contributed by atoms with Crippen molar-refractivity contribution < 1.29 is 14.3 Å². The minimum Gasteiger partial charge on any atom is -0.375 e. The van der Waals surface area contributed by atoms with Crippen LogP contribution in [0.2, 0.25) is 0 Å². The lowest BCUT2D eigenvalue weighted by Crippen LogP contribution is -2.55. The van der Waals surface area contributed by atoms with Crippen LogP contribution in [-0.2, 0) is 9.53 Å². The van der Waals surface area contributed by atoms with Crippen molar-refractivity contribution in [3.05, 3.63) is 22.4 Å². The number of ether oxygens (including phenoxy) is 1. The standard InChI is InChI=1S/C19H26N2O3S/c1-14(22)21(16-2-3-16)17-4-10-24-19(12-17)6-8-20(9-7-19)18(23)15-5-11-25-13-15/h5,11,13,16-17H,2-4,6-10,12H2,1H3. The first-order valence-corrected chi connectivity index (χ1v) is 10.3. The molecule has 2 amide bonds. The molecule has 3 heterocycles. The average molecular weight is 362 g/mol. The van der Waals surface area contributed by atoms with Gasteiger partial charge in [-0.25, -0.2) is 0 Å². The van der Waals surface area contributed by atoms with Gasteiger partial charge in [0.2, 0.25) is 5.91 Å². The Balaban J connectivity index is 1.40. The van der Waals surface area contributed by atoms with Crippen LogP contribution in [-0.4, -0.2) is 59.0 Å². The normalized spacial score (nSPS) is 25.8. The number of piperidine rings is 1. The number of nitrogens with zero attached hydrogens (tertiary/aromatic N) is 2. The average Bonchev–Trinajstić information content (AvgIpc) is 3.26. The van der Waals surface area contributed by atoms with E-state index in [1.165, 1.54) is 0 Å². The molecule has 0 aromatic carbocycles. The highest BCUT2D eigenvalue weighted by Crippen LogP contribution is 2.40. The number of rotatable bonds is 3. The second kappa shape index (κ2) is 6.72. The van der Waals surface area contributed by atoms with Crippen molar-refractivity contribution in [1.29, 1.82) is 0 Å². The van der Waals surface area contributed by atoms with Crippen molar-refractivity contribution in [1.82, 2.24) is 9.80 Å². The molecule has 3 fully saturated rings. The minimum absolute atomic E-state index is 0.131. The van der Waals surface area contributed by atoms with Gasteiger partial charge >= 0.3 is 0 Å². The summed E-state index contributed by atoms with van der Waals surface area (Å²) in [5.74, 6) is 0.335. The maximum absolute atomic E-state index is 12.5. The fraction of sp³-hybridized carbons (Fsp3) is 0.684. The summed E-state index contributed by atoms with van der Waals surface area (Å²) >= 11 is 1.56. The van der Waals surface area contributed by atoms with E-state index in [9.17, 15) is 9.59 Å². The van der Waals surface area contributed by atoms with E-state index >= 15 is 0 Å². The Morgan fingerprint density at radius 1 is 1.24 bits per heavy atom. The number of hydrogen-bond acceptors (Lipinski definition) is 4. The maximum atomic E-state index is 12.5. The predicted molar refractivity (Wildman–Crippen MR) is 96.7 cm³/mol. The lowest BCUT2D eigenvalue weighted by atomic mass is 9.81. The molecule has 136 valence electrons. The maximum Gasteiger partial charge on any atom is 0.254 e. The van der Waals surface area contributed by atoms with Gasteiger partial charge in [-0.1, -0.05) is 0 Å². The summed E-state index contributed by atoms with van der Waals surface area (Å²) in [6.07, 6.45) is 5.89. The monoisotopic (exact) mass is 362 g/mol. The third-order valence-electron chi connectivity index (χ3n) is 5.89. The van der Waals surface area contributed by atoms with Gasteiger partial charge in [0.05, 0.1) is 11.2 Å². The predicted octanol–water partition coefficient (Wildman–Crippen LogP) is 2.91. The molecular formula is C19H26N2O3S. The Labute approximate surface area is 152 Å². The van der Waals surface area contributed by atoms with E-state index in [-0.39, 0.29) is 17.4 Å². The molecule has 1 unspecified atom stereocenters. The highest BCUT2D eigenvalue weighted by molar-refractivity contribution is 7.08. The molecule has 1 aromatic heterocycles. The fourth-order valence-electron chi connectivity index (χ4n) is 4.44. The van der Waals surface area contributed by atoms with E-state index in [0.29, 0.717) is 12.1 Å². The van der Waals surface area contributed by atoms with Crippen molar-refractivity contribution in [2.75, 3.05) is 19.7 Å².